The molecule has 0 amide bonds. The van der Waals surface area contributed by atoms with Crippen LogP contribution < -0.4 is 4.90 Å². The highest BCUT2D eigenvalue weighted by Gasteiger charge is 2.41. The Kier molecular flexibility index (Phi) is 8.89. The van der Waals surface area contributed by atoms with Gasteiger partial charge in [0.05, 0.1) is 6.61 Å². The molecule has 0 unspecified atom stereocenters. The Hall–Kier alpha value is -3.85. The molecule has 236 valence electrons. The minimum absolute atomic E-state index is 0.169. The number of nitrogens with zero attached hydrogens (tertiary/aromatic N) is 1. The predicted octanol–water partition coefficient (Wildman–Crippen LogP) is 11.6. The van der Waals surface area contributed by atoms with Gasteiger partial charge in [-0.15, -0.1) is 0 Å². The minimum atomic E-state index is -0.231. The molecule has 0 atom stereocenters. The molecule has 0 spiro atoms. The Labute approximate surface area is 280 Å². The summed E-state index contributed by atoms with van der Waals surface area (Å²) in [5.41, 5.74) is 9.59. The van der Waals surface area contributed by atoms with Gasteiger partial charge in [-0.3, -0.25) is 0 Å². The number of ether oxygens (including phenoxy) is 1. The fourth-order valence-corrected chi connectivity index (χ4v) is 7.94. The van der Waals surface area contributed by atoms with Crippen molar-refractivity contribution in [2.75, 3.05) is 25.2 Å². The lowest BCUT2D eigenvalue weighted by Gasteiger charge is -2.30. The number of methoxy groups -OCH3 is 1. The van der Waals surface area contributed by atoms with Crippen molar-refractivity contribution in [1.82, 2.24) is 0 Å². The Morgan fingerprint density at radius 3 is 2.35 bits per heavy atom. The van der Waals surface area contributed by atoms with E-state index in [4.69, 9.17) is 16.3 Å². The van der Waals surface area contributed by atoms with E-state index in [1.165, 1.54) is 60.8 Å². The summed E-state index contributed by atoms with van der Waals surface area (Å²) in [7, 11) is 1.77. The van der Waals surface area contributed by atoms with Crippen molar-refractivity contribution < 1.29 is 4.74 Å². The lowest BCUT2D eigenvalue weighted by molar-refractivity contribution is 0.206. The van der Waals surface area contributed by atoms with Gasteiger partial charge in [-0.2, -0.15) is 0 Å². The van der Waals surface area contributed by atoms with Gasteiger partial charge in [-0.25, -0.2) is 0 Å². The monoisotopic (exact) mass is 627 g/mol. The molecule has 0 aromatic heterocycles. The van der Waals surface area contributed by atoms with E-state index in [1.54, 1.807) is 7.11 Å². The first-order chi connectivity index (χ1) is 22.1. The number of hydrogen-bond donors (Lipinski definition) is 0. The quantitative estimate of drug-likeness (QED) is 0.180. The smallest absolute Gasteiger partial charge is 0.0642 e. The summed E-state index contributed by atoms with van der Waals surface area (Å²) in [4.78, 5) is 2.44. The maximum Gasteiger partial charge on any atom is 0.0642 e. The largest absolute Gasteiger partial charge is 0.383 e. The standard InChI is InChI=1S/C43H46ClNO/c1-29-19-21-31-13-8-10-17-35(31)39(29)42(3,4)30(2)20-22-33-15-12-16-34(41(33)44)24-26-38-43(5,6)40-36-18-11-9-14-32(36)23-25-37(40)45(38)27-28-46-7/h8-11,13-14,17-26H,2,12,15-16,27-28H2,1,3-7H3/b22-20+,34-24+,38-26+. The Morgan fingerprint density at radius 2 is 1.61 bits per heavy atom. The summed E-state index contributed by atoms with van der Waals surface area (Å²) >= 11 is 7.18. The molecule has 1 aliphatic carbocycles. The molecule has 6 rings (SSSR count). The van der Waals surface area contributed by atoms with Gasteiger partial charge < -0.3 is 9.64 Å². The van der Waals surface area contributed by atoms with Gasteiger partial charge in [0.15, 0.2) is 0 Å². The highest BCUT2D eigenvalue weighted by molar-refractivity contribution is 6.32. The van der Waals surface area contributed by atoms with Crippen molar-refractivity contribution in [3.63, 3.8) is 0 Å². The van der Waals surface area contributed by atoms with E-state index in [2.05, 4.69) is 143 Å². The summed E-state index contributed by atoms with van der Waals surface area (Å²) in [6.07, 6.45) is 12.0. The highest BCUT2D eigenvalue weighted by Crippen LogP contribution is 2.51. The number of fused-ring (bicyclic) bond motifs is 4. The molecule has 0 radical (unpaired) electrons. The van der Waals surface area contributed by atoms with E-state index in [-0.39, 0.29) is 10.8 Å². The second-order valence-corrected chi connectivity index (χ2v) is 14.2. The third-order valence-electron chi connectivity index (χ3n) is 10.2. The zero-order valence-electron chi connectivity index (χ0n) is 28.2. The maximum absolute atomic E-state index is 7.18. The lowest BCUT2D eigenvalue weighted by Crippen LogP contribution is -2.29. The van der Waals surface area contributed by atoms with Gasteiger partial charge in [0.25, 0.3) is 0 Å². The van der Waals surface area contributed by atoms with Crippen LogP contribution in [0.25, 0.3) is 21.5 Å². The highest BCUT2D eigenvalue weighted by atomic mass is 35.5. The number of allylic oxidation sites excluding steroid dienone is 9. The van der Waals surface area contributed by atoms with Gasteiger partial charge in [0, 0.05) is 40.9 Å². The number of rotatable bonds is 8. The third kappa shape index (κ3) is 5.67. The van der Waals surface area contributed by atoms with Gasteiger partial charge >= 0.3 is 0 Å². The maximum atomic E-state index is 7.18. The Balaban J connectivity index is 1.33. The summed E-state index contributed by atoms with van der Waals surface area (Å²) in [5.74, 6) is 0. The summed E-state index contributed by atoms with van der Waals surface area (Å²) in [5, 5.41) is 6.01. The van der Waals surface area contributed by atoms with Crippen molar-refractivity contribution in [1.29, 1.82) is 0 Å². The topological polar surface area (TPSA) is 12.5 Å². The van der Waals surface area contributed by atoms with E-state index >= 15 is 0 Å². The van der Waals surface area contributed by atoms with Crippen LogP contribution in [0.3, 0.4) is 0 Å². The average molecular weight is 628 g/mol. The summed E-state index contributed by atoms with van der Waals surface area (Å²) in [6.45, 7) is 17.5. The molecule has 4 aromatic rings. The first-order valence-electron chi connectivity index (χ1n) is 16.5. The molecule has 0 N–H and O–H groups in total. The fraction of sp³-hybridized carbons (Fsp3) is 0.302. The molecule has 46 heavy (non-hydrogen) atoms. The Morgan fingerprint density at radius 1 is 0.935 bits per heavy atom. The molecule has 2 nitrogen and oxygen atoms in total. The molecule has 0 fully saturated rings. The lowest BCUT2D eigenvalue weighted by atomic mass is 9.74. The SMILES string of the molecule is C=C(/C=C/C1=C(Cl)C(=C/C=C2/N(CCOC)c3ccc4ccccc4c3C2(C)C)/CCC1)C(C)(C)c1c(C)ccc2ccccc12. The first-order valence-corrected chi connectivity index (χ1v) is 16.9. The number of aryl methyl sites for hydroxylation is 1. The van der Waals surface area contributed by atoms with Crippen LogP contribution in [-0.4, -0.2) is 20.3 Å². The van der Waals surface area contributed by atoms with Crippen LogP contribution in [-0.2, 0) is 15.6 Å². The normalized spacial score (nSPS) is 18.5. The van der Waals surface area contributed by atoms with Crippen LogP contribution in [0, 0.1) is 6.92 Å². The third-order valence-corrected chi connectivity index (χ3v) is 10.7. The van der Waals surface area contributed by atoms with Crippen LogP contribution >= 0.6 is 11.6 Å². The van der Waals surface area contributed by atoms with Crippen LogP contribution in [0.4, 0.5) is 5.69 Å². The first kappa shape index (κ1) is 32.1. The molecular weight excluding hydrogens is 582 g/mol. The number of anilines is 1. The molecule has 1 aliphatic heterocycles. The second-order valence-electron chi connectivity index (χ2n) is 13.8. The van der Waals surface area contributed by atoms with E-state index < -0.39 is 0 Å². The molecule has 2 aliphatic rings. The summed E-state index contributed by atoms with van der Waals surface area (Å²) in [6, 6.07) is 26.3. The molecule has 4 aromatic carbocycles. The number of halogens is 1. The van der Waals surface area contributed by atoms with Crippen molar-refractivity contribution in [3.8, 4) is 0 Å². The van der Waals surface area contributed by atoms with E-state index in [1.807, 2.05) is 0 Å². The zero-order valence-corrected chi connectivity index (χ0v) is 29.0. The minimum Gasteiger partial charge on any atom is -0.383 e. The van der Waals surface area contributed by atoms with E-state index in [0.29, 0.717) is 6.61 Å². The molecule has 0 saturated heterocycles. The van der Waals surface area contributed by atoms with Gasteiger partial charge in [-0.05, 0) is 93.3 Å². The van der Waals surface area contributed by atoms with Crippen LogP contribution in [0.5, 0.6) is 0 Å². The number of benzene rings is 4. The molecule has 1 heterocycles. The zero-order chi connectivity index (χ0) is 32.6. The van der Waals surface area contributed by atoms with Crippen molar-refractivity contribution in [2.45, 2.75) is 64.7 Å². The molecule has 0 saturated carbocycles. The van der Waals surface area contributed by atoms with Crippen LogP contribution in [0.2, 0.25) is 0 Å². The molecule has 3 heteroatoms. The molecule has 0 bridgehead atoms. The van der Waals surface area contributed by atoms with Crippen molar-refractivity contribution in [3.05, 3.63) is 148 Å². The fourth-order valence-electron chi connectivity index (χ4n) is 7.63. The van der Waals surface area contributed by atoms with E-state index in [0.717, 1.165) is 36.4 Å². The second kappa shape index (κ2) is 12.7. The summed E-state index contributed by atoms with van der Waals surface area (Å²) < 4.78 is 5.55. The van der Waals surface area contributed by atoms with Crippen molar-refractivity contribution >= 4 is 38.8 Å². The predicted molar refractivity (Wildman–Crippen MR) is 199 cm³/mol. The van der Waals surface area contributed by atoms with Gasteiger partial charge in [0.1, 0.15) is 0 Å². The molecular formula is C43H46ClNO. The Bertz CT molecular complexity index is 1950. The van der Waals surface area contributed by atoms with Crippen LogP contribution in [0.1, 0.15) is 63.6 Å². The average Bonchev–Trinajstić information content (AvgIpc) is 3.27. The van der Waals surface area contributed by atoms with Crippen LogP contribution in [0.15, 0.2) is 131 Å². The van der Waals surface area contributed by atoms with Crippen molar-refractivity contribution in [2.24, 2.45) is 0 Å². The van der Waals surface area contributed by atoms with E-state index in [9.17, 15) is 0 Å². The van der Waals surface area contributed by atoms with Gasteiger partial charge in [-0.1, -0.05) is 131 Å². The van der Waals surface area contributed by atoms with Gasteiger partial charge in [0.2, 0.25) is 0 Å². The number of hydrogen-bond acceptors (Lipinski definition) is 2.